The Morgan fingerprint density at radius 1 is 1.03 bits per heavy atom. The van der Waals surface area contributed by atoms with Gasteiger partial charge in [-0.1, -0.05) is 18.2 Å². The van der Waals surface area contributed by atoms with E-state index in [0.717, 1.165) is 26.4 Å². The van der Waals surface area contributed by atoms with Crippen molar-refractivity contribution in [2.75, 3.05) is 11.9 Å². The van der Waals surface area contributed by atoms with Crippen LogP contribution in [0.4, 0.5) is 5.13 Å². The first-order valence-corrected chi connectivity index (χ1v) is 11.4. The molecule has 3 aromatic heterocycles. The Morgan fingerprint density at radius 2 is 1.81 bits per heavy atom. The number of aromatic nitrogens is 3. The van der Waals surface area contributed by atoms with E-state index in [2.05, 4.69) is 20.6 Å². The molecule has 0 fully saturated rings. The van der Waals surface area contributed by atoms with Gasteiger partial charge in [-0.3, -0.25) is 18.5 Å². The minimum atomic E-state index is -2.84. The molecular weight excluding hydrogens is 450 g/mol. The number of carbonyl (C=O) groups is 2. The monoisotopic (exact) mass is 467 g/mol. The molecule has 9 nitrogen and oxygen atoms in total. The van der Waals surface area contributed by atoms with E-state index < -0.39 is 22.7 Å². The average Bonchev–Trinajstić information content (AvgIpc) is 3.48. The van der Waals surface area contributed by atoms with Crippen LogP contribution in [0.3, 0.4) is 0 Å². The van der Waals surface area contributed by atoms with Gasteiger partial charge < -0.3 is 10.6 Å². The summed E-state index contributed by atoms with van der Waals surface area (Å²) < 4.78 is 22.7. The molecule has 4 rings (SSSR count). The maximum absolute atomic E-state index is 12.2. The zero-order valence-electron chi connectivity index (χ0n) is 16.5. The number of nitrogens with zero attached hydrogens (tertiary/aromatic N) is 3. The Bertz CT molecular complexity index is 1340. The van der Waals surface area contributed by atoms with Gasteiger partial charge in [0.25, 0.3) is 5.91 Å². The van der Waals surface area contributed by atoms with Crippen LogP contribution in [-0.2, 0) is 15.7 Å². The Labute approximate surface area is 188 Å². The normalized spacial score (nSPS) is 10.8. The third kappa shape index (κ3) is 5.07. The third-order valence-corrected chi connectivity index (χ3v) is 5.84. The number of nitrogens with one attached hydrogen (secondary N) is 2. The standard InChI is InChI=1S/C21H17N5O4S2/c27-19(11-23-20(28)17-6-9-26(12-17)32(29)30)25-21-24-18(13-31-21)16-3-1-2-15(10-16)14-4-7-22-8-5-14/h1-10,12-13,32H,11H2,(H,23,28)(H,24,25,27). The van der Waals surface area contributed by atoms with Crippen LogP contribution in [0.2, 0.25) is 0 Å². The lowest BCUT2D eigenvalue weighted by atomic mass is 10.0. The van der Waals surface area contributed by atoms with Crippen molar-refractivity contribution in [1.82, 2.24) is 19.3 Å². The molecule has 162 valence electrons. The van der Waals surface area contributed by atoms with E-state index in [-0.39, 0.29) is 12.1 Å². The highest BCUT2D eigenvalue weighted by molar-refractivity contribution is 7.70. The minimum absolute atomic E-state index is 0.141. The van der Waals surface area contributed by atoms with E-state index in [1.165, 1.54) is 29.8 Å². The molecule has 0 aliphatic heterocycles. The van der Waals surface area contributed by atoms with Gasteiger partial charge in [0.15, 0.2) is 5.13 Å². The van der Waals surface area contributed by atoms with Gasteiger partial charge in [-0.05, 0) is 35.4 Å². The molecule has 0 spiro atoms. The van der Waals surface area contributed by atoms with Crippen LogP contribution in [-0.4, -0.2) is 40.7 Å². The SMILES string of the molecule is O=C(CNC(=O)c1ccn([SH](=O)=O)c1)Nc1nc(-c2cccc(-c3ccncc3)c2)cs1. The summed E-state index contributed by atoms with van der Waals surface area (Å²) in [5.41, 5.74) is 3.84. The van der Waals surface area contributed by atoms with E-state index in [1.807, 2.05) is 41.8 Å². The van der Waals surface area contributed by atoms with Crippen LogP contribution in [0.5, 0.6) is 0 Å². The number of thiazole rings is 1. The second-order valence-electron chi connectivity index (χ2n) is 6.60. The highest BCUT2D eigenvalue weighted by Crippen LogP contribution is 2.28. The van der Waals surface area contributed by atoms with E-state index in [9.17, 15) is 18.0 Å². The molecule has 32 heavy (non-hydrogen) atoms. The number of amides is 2. The van der Waals surface area contributed by atoms with E-state index in [1.54, 1.807) is 12.4 Å². The molecule has 4 aromatic rings. The van der Waals surface area contributed by atoms with E-state index in [4.69, 9.17) is 0 Å². The second-order valence-corrected chi connectivity index (χ2v) is 8.40. The summed E-state index contributed by atoms with van der Waals surface area (Å²) in [6, 6.07) is 13.1. The number of hydrogen-bond acceptors (Lipinski definition) is 7. The molecule has 0 atom stereocenters. The lowest BCUT2D eigenvalue weighted by molar-refractivity contribution is -0.115. The number of hydrogen-bond donors (Lipinski definition) is 3. The number of benzene rings is 1. The summed E-state index contributed by atoms with van der Waals surface area (Å²) in [4.78, 5) is 32.7. The summed E-state index contributed by atoms with van der Waals surface area (Å²) in [5, 5.41) is 7.34. The van der Waals surface area contributed by atoms with Gasteiger partial charge in [0.05, 0.1) is 17.8 Å². The van der Waals surface area contributed by atoms with Crippen LogP contribution in [0, 0.1) is 0 Å². The average molecular weight is 468 g/mol. The molecule has 11 heteroatoms. The summed E-state index contributed by atoms with van der Waals surface area (Å²) in [5.74, 6) is -0.998. The highest BCUT2D eigenvalue weighted by Gasteiger charge is 2.12. The van der Waals surface area contributed by atoms with Gasteiger partial charge in [-0.15, -0.1) is 11.3 Å². The molecule has 0 radical (unpaired) electrons. The minimum Gasteiger partial charge on any atom is -0.343 e. The Kier molecular flexibility index (Phi) is 6.38. The molecule has 0 aliphatic carbocycles. The van der Waals surface area contributed by atoms with Gasteiger partial charge in [0, 0.05) is 35.7 Å². The van der Waals surface area contributed by atoms with Crippen molar-refractivity contribution in [3.8, 4) is 22.4 Å². The molecular formula is C21H17N5O4S2. The van der Waals surface area contributed by atoms with Gasteiger partial charge >= 0.3 is 0 Å². The molecule has 0 aliphatic rings. The van der Waals surface area contributed by atoms with Crippen LogP contribution in [0.1, 0.15) is 10.4 Å². The molecule has 0 saturated heterocycles. The number of pyridine rings is 1. The Hall–Kier alpha value is -3.83. The van der Waals surface area contributed by atoms with Gasteiger partial charge in [0.2, 0.25) is 16.8 Å². The first-order chi connectivity index (χ1) is 15.5. The first-order valence-electron chi connectivity index (χ1n) is 9.37. The van der Waals surface area contributed by atoms with E-state index in [0.29, 0.717) is 5.13 Å². The number of carbonyl (C=O) groups excluding carboxylic acids is 2. The van der Waals surface area contributed by atoms with Crippen LogP contribution in [0.25, 0.3) is 22.4 Å². The van der Waals surface area contributed by atoms with Crippen LogP contribution >= 0.6 is 11.3 Å². The smallest absolute Gasteiger partial charge is 0.253 e. The Balaban J connectivity index is 1.37. The van der Waals surface area contributed by atoms with Crippen molar-refractivity contribution in [3.63, 3.8) is 0 Å². The van der Waals surface area contributed by atoms with Gasteiger partial charge in [-0.25, -0.2) is 13.4 Å². The fourth-order valence-corrected chi connectivity index (χ4v) is 4.04. The number of anilines is 1. The van der Waals surface area contributed by atoms with Gasteiger partial charge in [0.1, 0.15) is 0 Å². The second kappa shape index (κ2) is 9.54. The molecule has 0 unspecified atom stereocenters. The van der Waals surface area contributed by atoms with Crippen molar-refractivity contribution >= 4 is 39.2 Å². The van der Waals surface area contributed by atoms with Crippen molar-refractivity contribution in [2.45, 2.75) is 0 Å². The lowest BCUT2D eigenvalue weighted by Gasteiger charge is -2.04. The summed E-state index contributed by atoms with van der Waals surface area (Å²) in [7, 11) is -2.84. The molecule has 2 N–H and O–H groups in total. The molecule has 2 amide bonds. The van der Waals surface area contributed by atoms with Gasteiger partial charge in [-0.2, -0.15) is 0 Å². The number of rotatable bonds is 7. The molecule has 0 saturated carbocycles. The lowest BCUT2D eigenvalue weighted by Crippen LogP contribution is -2.32. The molecule has 3 heterocycles. The zero-order valence-corrected chi connectivity index (χ0v) is 18.2. The van der Waals surface area contributed by atoms with Crippen LogP contribution < -0.4 is 10.6 Å². The maximum Gasteiger partial charge on any atom is 0.253 e. The highest BCUT2D eigenvalue weighted by atomic mass is 32.2. The predicted octanol–water partition coefficient (Wildman–Crippen LogP) is 2.42. The van der Waals surface area contributed by atoms with Crippen molar-refractivity contribution in [1.29, 1.82) is 0 Å². The Morgan fingerprint density at radius 3 is 2.56 bits per heavy atom. The van der Waals surface area contributed by atoms with Crippen molar-refractivity contribution in [3.05, 3.63) is 78.2 Å². The topological polar surface area (TPSA) is 123 Å². The fourth-order valence-electron chi connectivity index (χ4n) is 2.91. The summed E-state index contributed by atoms with van der Waals surface area (Å²) in [6.07, 6.45) is 5.89. The first kappa shape index (κ1) is 21.4. The summed E-state index contributed by atoms with van der Waals surface area (Å²) in [6.45, 7) is -0.278. The summed E-state index contributed by atoms with van der Waals surface area (Å²) >= 11 is 1.28. The van der Waals surface area contributed by atoms with E-state index >= 15 is 0 Å². The maximum atomic E-state index is 12.2. The van der Waals surface area contributed by atoms with Crippen molar-refractivity contribution < 1.29 is 18.0 Å². The molecule has 1 aromatic carbocycles. The fraction of sp³-hybridized carbons (Fsp3) is 0.0476. The van der Waals surface area contributed by atoms with Crippen LogP contribution in [0.15, 0.2) is 72.6 Å². The third-order valence-electron chi connectivity index (χ3n) is 4.46. The molecule has 0 bridgehead atoms. The number of thiol groups is 1. The predicted molar refractivity (Wildman–Crippen MR) is 122 cm³/mol. The quantitative estimate of drug-likeness (QED) is 0.359. The largest absolute Gasteiger partial charge is 0.343 e. The zero-order chi connectivity index (χ0) is 22.5. The van der Waals surface area contributed by atoms with Crippen molar-refractivity contribution in [2.24, 2.45) is 0 Å².